The van der Waals surface area contributed by atoms with Crippen molar-refractivity contribution >= 4 is 6.03 Å². The molecular weight excluding hydrogens is 294 g/mol. The molecule has 2 heterocycles. The third-order valence-corrected chi connectivity index (χ3v) is 4.27. The molecule has 2 unspecified atom stereocenters. The molecule has 1 aliphatic rings. The monoisotopic (exact) mass is 315 g/mol. The molecule has 2 N–H and O–H groups in total. The second kappa shape index (κ2) is 6.78. The zero-order valence-electron chi connectivity index (χ0n) is 13.1. The van der Waals surface area contributed by atoms with E-state index < -0.39 is 6.10 Å². The van der Waals surface area contributed by atoms with Gasteiger partial charge in [-0.3, -0.25) is 0 Å². The second-order valence-corrected chi connectivity index (χ2v) is 5.94. The Labute approximate surface area is 134 Å². The van der Waals surface area contributed by atoms with E-state index >= 15 is 0 Å². The number of carbonyl (C=O) groups is 1. The zero-order chi connectivity index (χ0) is 16.2. The fourth-order valence-corrected chi connectivity index (χ4v) is 2.63. The number of piperidine rings is 1. The summed E-state index contributed by atoms with van der Waals surface area (Å²) < 4.78 is 1.68. The molecule has 2 atom stereocenters. The van der Waals surface area contributed by atoms with Crippen LogP contribution in [-0.4, -0.2) is 50.0 Å². The number of rotatable bonds is 3. The number of nitrogens with zero attached hydrogens (tertiary/aromatic N) is 4. The standard InChI is InChI=1S/C16H21N5O2/c1-12-6-7-20(9-15(12)22)16(23)18-8-13-2-4-14(5-3-13)21-11-17-10-19-21/h2-5,10-12,15,22H,6-9H2,1H3,(H,18,23). The summed E-state index contributed by atoms with van der Waals surface area (Å²) in [7, 11) is 0. The van der Waals surface area contributed by atoms with Crippen molar-refractivity contribution in [1.29, 1.82) is 0 Å². The Balaban J connectivity index is 1.53. The quantitative estimate of drug-likeness (QED) is 0.891. The minimum absolute atomic E-state index is 0.128. The first-order valence-electron chi connectivity index (χ1n) is 7.78. The maximum Gasteiger partial charge on any atom is 0.317 e. The summed E-state index contributed by atoms with van der Waals surface area (Å²) in [6.07, 6.45) is 3.53. The number of aliphatic hydroxyl groups is 1. The molecule has 0 spiro atoms. The van der Waals surface area contributed by atoms with E-state index in [0.717, 1.165) is 17.7 Å². The van der Waals surface area contributed by atoms with E-state index in [1.807, 2.05) is 31.2 Å². The van der Waals surface area contributed by atoms with Crippen LogP contribution in [0.2, 0.25) is 0 Å². The van der Waals surface area contributed by atoms with Gasteiger partial charge in [-0.05, 0) is 30.0 Å². The number of aromatic nitrogens is 3. The fraction of sp³-hybridized carbons (Fsp3) is 0.438. The number of hydrogen-bond acceptors (Lipinski definition) is 4. The van der Waals surface area contributed by atoms with Crippen LogP contribution in [0, 0.1) is 5.92 Å². The molecule has 1 saturated heterocycles. The van der Waals surface area contributed by atoms with Gasteiger partial charge < -0.3 is 15.3 Å². The zero-order valence-corrected chi connectivity index (χ0v) is 13.1. The summed E-state index contributed by atoms with van der Waals surface area (Å²) in [5.74, 6) is 0.253. The highest BCUT2D eigenvalue weighted by atomic mass is 16.3. The van der Waals surface area contributed by atoms with Crippen molar-refractivity contribution in [3.05, 3.63) is 42.5 Å². The highest BCUT2D eigenvalue weighted by Gasteiger charge is 2.26. The molecular formula is C16H21N5O2. The van der Waals surface area contributed by atoms with Crippen molar-refractivity contribution in [1.82, 2.24) is 25.0 Å². The number of benzene rings is 1. The molecule has 122 valence electrons. The number of hydrogen-bond donors (Lipinski definition) is 2. The molecule has 1 fully saturated rings. The Hall–Kier alpha value is -2.41. The van der Waals surface area contributed by atoms with Crippen LogP contribution < -0.4 is 5.32 Å². The van der Waals surface area contributed by atoms with Gasteiger partial charge in [-0.15, -0.1) is 0 Å². The second-order valence-electron chi connectivity index (χ2n) is 5.94. The Morgan fingerprint density at radius 3 is 2.83 bits per heavy atom. The van der Waals surface area contributed by atoms with Crippen molar-refractivity contribution in [3.8, 4) is 5.69 Å². The topological polar surface area (TPSA) is 83.3 Å². The summed E-state index contributed by atoms with van der Waals surface area (Å²) in [6, 6.07) is 7.64. The van der Waals surface area contributed by atoms with E-state index in [1.165, 1.54) is 6.33 Å². The van der Waals surface area contributed by atoms with Crippen molar-refractivity contribution in [2.75, 3.05) is 13.1 Å². The van der Waals surface area contributed by atoms with Crippen LogP contribution in [0.3, 0.4) is 0 Å². The number of nitrogens with one attached hydrogen (secondary N) is 1. The van der Waals surface area contributed by atoms with Crippen LogP contribution in [0.1, 0.15) is 18.9 Å². The van der Waals surface area contributed by atoms with E-state index in [-0.39, 0.29) is 11.9 Å². The van der Waals surface area contributed by atoms with Gasteiger partial charge in [-0.1, -0.05) is 19.1 Å². The van der Waals surface area contributed by atoms with Gasteiger partial charge in [0, 0.05) is 19.6 Å². The normalized spacial score (nSPS) is 21.2. The molecule has 0 aliphatic carbocycles. The van der Waals surface area contributed by atoms with E-state index in [2.05, 4.69) is 15.4 Å². The van der Waals surface area contributed by atoms with Gasteiger partial charge in [-0.25, -0.2) is 14.5 Å². The summed E-state index contributed by atoms with van der Waals surface area (Å²) in [6.45, 7) is 3.56. The van der Waals surface area contributed by atoms with Gasteiger partial charge in [-0.2, -0.15) is 5.10 Å². The Morgan fingerprint density at radius 2 is 2.17 bits per heavy atom. The molecule has 0 radical (unpaired) electrons. The van der Waals surface area contributed by atoms with E-state index in [9.17, 15) is 9.90 Å². The molecule has 2 aromatic rings. The van der Waals surface area contributed by atoms with Crippen molar-refractivity contribution < 1.29 is 9.90 Å². The third-order valence-electron chi connectivity index (χ3n) is 4.27. The van der Waals surface area contributed by atoms with Gasteiger partial charge in [0.1, 0.15) is 12.7 Å². The van der Waals surface area contributed by atoms with Gasteiger partial charge in [0.15, 0.2) is 0 Å². The molecule has 1 aromatic carbocycles. The van der Waals surface area contributed by atoms with Crippen molar-refractivity contribution in [2.24, 2.45) is 5.92 Å². The highest BCUT2D eigenvalue weighted by molar-refractivity contribution is 5.74. The number of aliphatic hydroxyl groups excluding tert-OH is 1. The maximum atomic E-state index is 12.2. The lowest BCUT2D eigenvalue weighted by atomic mass is 9.96. The predicted molar refractivity (Wildman–Crippen MR) is 85.0 cm³/mol. The fourth-order valence-electron chi connectivity index (χ4n) is 2.63. The molecule has 7 heteroatoms. The van der Waals surface area contributed by atoms with Gasteiger partial charge >= 0.3 is 6.03 Å². The van der Waals surface area contributed by atoms with Crippen LogP contribution >= 0.6 is 0 Å². The van der Waals surface area contributed by atoms with Crippen LogP contribution in [0.15, 0.2) is 36.9 Å². The first kappa shape index (κ1) is 15.5. The number of carbonyl (C=O) groups excluding carboxylic acids is 1. The Kier molecular flexibility index (Phi) is 4.57. The van der Waals surface area contributed by atoms with E-state index in [4.69, 9.17) is 0 Å². The SMILES string of the molecule is CC1CCN(C(=O)NCc2ccc(-n3cncn3)cc2)CC1O. The minimum Gasteiger partial charge on any atom is -0.391 e. The molecule has 0 saturated carbocycles. The van der Waals surface area contributed by atoms with Gasteiger partial charge in [0.2, 0.25) is 0 Å². The molecule has 1 aromatic heterocycles. The van der Waals surface area contributed by atoms with Crippen LogP contribution in [-0.2, 0) is 6.54 Å². The molecule has 23 heavy (non-hydrogen) atoms. The number of β-amino-alcohol motifs (C(OH)–C–C–N with tert-alkyl or cyclic N) is 1. The van der Waals surface area contributed by atoms with E-state index in [0.29, 0.717) is 19.6 Å². The average Bonchev–Trinajstić information content (AvgIpc) is 3.10. The minimum atomic E-state index is -0.434. The number of urea groups is 1. The Bertz CT molecular complexity index is 641. The van der Waals surface area contributed by atoms with Gasteiger partial charge in [0.25, 0.3) is 0 Å². The largest absolute Gasteiger partial charge is 0.391 e. The van der Waals surface area contributed by atoms with Crippen LogP contribution in [0.4, 0.5) is 4.79 Å². The third kappa shape index (κ3) is 3.68. The summed E-state index contributed by atoms with van der Waals surface area (Å²) >= 11 is 0. The average molecular weight is 315 g/mol. The molecule has 0 bridgehead atoms. The molecule has 3 rings (SSSR count). The maximum absolute atomic E-state index is 12.2. The molecule has 1 aliphatic heterocycles. The summed E-state index contributed by atoms with van der Waals surface area (Å²) in [5, 5.41) is 16.8. The number of amides is 2. The van der Waals surface area contributed by atoms with Crippen LogP contribution in [0.5, 0.6) is 0 Å². The van der Waals surface area contributed by atoms with Crippen molar-refractivity contribution in [2.45, 2.75) is 26.0 Å². The molecule has 7 nitrogen and oxygen atoms in total. The van der Waals surface area contributed by atoms with Crippen LogP contribution in [0.25, 0.3) is 5.69 Å². The van der Waals surface area contributed by atoms with E-state index in [1.54, 1.807) is 15.9 Å². The lowest BCUT2D eigenvalue weighted by molar-refractivity contribution is 0.0435. The lowest BCUT2D eigenvalue weighted by Crippen LogP contribution is -2.49. The summed E-state index contributed by atoms with van der Waals surface area (Å²) in [5.41, 5.74) is 1.93. The predicted octanol–water partition coefficient (Wildman–Crippen LogP) is 1.18. The first-order valence-corrected chi connectivity index (χ1v) is 7.78. The smallest absolute Gasteiger partial charge is 0.317 e. The lowest BCUT2D eigenvalue weighted by Gasteiger charge is -2.34. The van der Waals surface area contributed by atoms with Crippen molar-refractivity contribution in [3.63, 3.8) is 0 Å². The highest BCUT2D eigenvalue weighted by Crippen LogP contribution is 2.17. The Morgan fingerprint density at radius 1 is 1.39 bits per heavy atom. The summed E-state index contributed by atoms with van der Waals surface area (Å²) in [4.78, 5) is 17.7. The first-order chi connectivity index (χ1) is 11.1. The molecule has 2 amide bonds. The number of likely N-dealkylation sites (tertiary alicyclic amines) is 1. The van der Waals surface area contributed by atoms with Gasteiger partial charge in [0.05, 0.1) is 11.8 Å².